The highest BCUT2D eigenvalue weighted by Gasteiger charge is 2.43. The van der Waals surface area contributed by atoms with Crippen molar-refractivity contribution in [3.05, 3.63) is 35.9 Å². The molecule has 1 N–H and O–H groups in total. The zero-order chi connectivity index (χ0) is 18.2. The molecule has 5 nitrogen and oxygen atoms in total. The predicted molar refractivity (Wildman–Crippen MR) is 107 cm³/mol. The zero-order valence-corrected chi connectivity index (χ0v) is 16.2. The van der Waals surface area contributed by atoms with E-state index in [4.69, 9.17) is 0 Å². The van der Waals surface area contributed by atoms with Crippen LogP contribution < -0.4 is 5.32 Å². The number of piperidine rings is 2. The second kappa shape index (κ2) is 7.44. The number of rotatable bonds is 4. The average molecular weight is 369 g/mol. The predicted octanol–water partition coefficient (Wildman–Crippen LogP) is 2.04. The van der Waals surface area contributed by atoms with Gasteiger partial charge in [-0.15, -0.1) is 0 Å². The monoisotopic (exact) mass is 368 g/mol. The lowest BCUT2D eigenvalue weighted by Gasteiger charge is -2.41. The molecule has 1 aromatic rings. The van der Waals surface area contributed by atoms with E-state index in [1.807, 2.05) is 0 Å². The van der Waals surface area contributed by atoms with Gasteiger partial charge < -0.3 is 20.0 Å². The minimum Gasteiger partial charge on any atom is -0.334 e. The van der Waals surface area contributed by atoms with Crippen molar-refractivity contribution in [2.24, 2.45) is 11.8 Å². The summed E-state index contributed by atoms with van der Waals surface area (Å²) in [6, 6.07) is 11.6. The maximum absolute atomic E-state index is 13.0. The first-order valence-electron chi connectivity index (χ1n) is 10.8. The van der Waals surface area contributed by atoms with Crippen LogP contribution in [0.5, 0.6) is 0 Å². The SMILES string of the molecule is O=C(N[C@H]1CCN(CCc2ccccc2)C1)N1CC2CC3CC1CN(C3)C2. The molecule has 4 unspecified atom stereocenters. The van der Waals surface area contributed by atoms with E-state index in [1.165, 1.54) is 31.5 Å². The summed E-state index contributed by atoms with van der Waals surface area (Å²) in [5.74, 6) is 1.51. The summed E-state index contributed by atoms with van der Waals surface area (Å²) in [7, 11) is 0. The molecule has 5 aliphatic heterocycles. The van der Waals surface area contributed by atoms with Crippen LogP contribution in [0.25, 0.3) is 0 Å². The molecule has 6 rings (SSSR count). The molecule has 27 heavy (non-hydrogen) atoms. The number of carbonyl (C=O) groups is 1. The van der Waals surface area contributed by atoms with Crippen LogP contribution in [0.1, 0.15) is 24.8 Å². The van der Waals surface area contributed by atoms with Crippen molar-refractivity contribution in [3.8, 4) is 0 Å². The second-order valence-electron chi connectivity index (χ2n) is 9.20. The number of fused-ring (bicyclic) bond motifs is 1. The van der Waals surface area contributed by atoms with Gasteiger partial charge in [0.25, 0.3) is 0 Å². The van der Waals surface area contributed by atoms with Crippen molar-refractivity contribution >= 4 is 6.03 Å². The highest BCUT2D eigenvalue weighted by atomic mass is 16.2. The van der Waals surface area contributed by atoms with E-state index in [0.717, 1.165) is 51.5 Å². The Morgan fingerprint density at radius 2 is 1.85 bits per heavy atom. The first-order valence-corrected chi connectivity index (χ1v) is 10.8. The maximum atomic E-state index is 13.0. The molecular formula is C22H32N4O. The Morgan fingerprint density at radius 1 is 1.00 bits per heavy atom. The number of benzene rings is 1. The van der Waals surface area contributed by atoms with Gasteiger partial charge in [0.05, 0.1) is 0 Å². The van der Waals surface area contributed by atoms with Crippen LogP contribution in [-0.2, 0) is 6.42 Å². The molecule has 5 atom stereocenters. The molecule has 5 saturated heterocycles. The Kier molecular flexibility index (Phi) is 4.82. The molecule has 5 aliphatic rings. The summed E-state index contributed by atoms with van der Waals surface area (Å²) < 4.78 is 0. The molecule has 5 heterocycles. The number of carbonyl (C=O) groups excluding carboxylic acids is 1. The van der Waals surface area contributed by atoms with Gasteiger partial charge in [-0.25, -0.2) is 4.79 Å². The second-order valence-corrected chi connectivity index (χ2v) is 9.20. The summed E-state index contributed by atoms with van der Waals surface area (Å²) in [5.41, 5.74) is 1.40. The third kappa shape index (κ3) is 3.85. The summed E-state index contributed by atoms with van der Waals surface area (Å²) in [4.78, 5) is 20.3. The first kappa shape index (κ1) is 17.5. The number of nitrogens with one attached hydrogen (secondary N) is 1. The molecule has 5 heteroatoms. The summed E-state index contributed by atoms with van der Waals surface area (Å²) in [6.45, 7) is 7.70. The van der Waals surface area contributed by atoms with Crippen LogP contribution in [0.15, 0.2) is 30.3 Å². The van der Waals surface area contributed by atoms with E-state index in [-0.39, 0.29) is 6.03 Å². The number of urea groups is 1. The van der Waals surface area contributed by atoms with Crippen LogP contribution >= 0.6 is 0 Å². The van der Waals surface area contributed by atoms with E-state index in [2.05, 4.69) is 50.3 Å². The Morgan fingerprint density at radius 3 is 2.70 bits per heavy atom. The number of hydrogen-bond donors (Lipinski definition) is 1. The molecule has 1 aromatic carbocycles. The van der Waals surface area contributed by atoms with Crippen molar-refractivity contribution in [2.45, 2.75) is 37.8 Å². The number of amides is 2. The molecule has 5 fully saturated rings. The lowest BCUT2D eigenvalue weighted by atomic mass is 9.84. The van der Waals surface area contributed by atoms with Crippen molar-refractivity contribution in [3.63, 3.8) is 0 Å². The van der Waals surface area contributed by atoms with Crippen LogP contribution in [0.4, 0.5) is 4.79 Å². The van der Waals surface area contributed by atoms with Gasteiger partial charge in [-0.3, -0.25) is 0 Å². The molecule has 0 aromatic heterocycles. The summed E-state index contributed by atoms with van der Waals surface area (Å²) >= 11 is 0. The normalized spacial score (nSPS) is 35.4. The first-order chi connectivity index (χ1) is 13.2. The Hall–Kier alpha value is -1.59. The Labute approximate surface area is 162 Å². The summed E-state index contributed by atoms with van der Waals surface area (Å²) in [5, 5.41) is 3.37. The molecule has 146 valence electrons. The van der Waals surface area contributed by atoms with E-state index < -0.39 is 0 Å². The Balaban J connectivity index is 1.13. The van der Waals surface area contributed by atoms with Gasteiger partial charge in [0, 0.05) is 57.9 Å². The Bertz CT molecular complexity index is 652. The maximum Gasteiger partial charge on any atom is 0.317 e. The third-order valence-electron chi connectivity index (χ3n) is 7.09. The highest BCUT2D eigenvalue weighted by Crippen LogP contribution is 2.36. The minimum atomic E-state index is 0.198. The smallest absolute Gasteiger partial charge is 0.317 e. The third-order valence-corrected chi connectivity index (χ3v) is 7.09. The van der Waals surface area contributed by atoms with E-state index in [9.17, 15) is 4.79 Å². The quantitative estimate of drug-likeness (QED) is 0.884. The molecule has 4 bridgehead atoms. The molecule has 0 radical (unpaired) electrons. The topological polar surface area (TPSA) is 38.8 Å². The van der Waals surface area contributed by atoms with Gasteiger partial charge in [0.1, 0.15) is 0 Å². The fourth-order valence-corrected chi connectivity index (χ4v) is 5.88. The van der Waals surface area contributed by atoms with E-state index in [0.29, 0.717) is 18.0 Å². The molecule has 0 saturated carbocycles. The van der Waals surface area contributed by atoms with E-state index in [1.54, 1.807) is 0 Å². The molecule has 0 aliphatic carbocycles. The minimum absolute atomic E-state index is 0.198. The number of hydrogen-bond acceptors (Lipinski definition) is 3. The number of nitrogens with zero attached hydrogens (tertiary/aromatic N) is 3. The fourth-order valence-electron chi connectivity index (χ4n) is 5.88. The molecule has 0 spiro atoms. The number of likely N-dealkylation sites (tertiary alicyclic amines) is 1. The molecule has 2 amide bonds. The lowest BCUT2D eigenvalue weighted by Crippen LogP contribution is -2.54. The molecular weight excluding hydrogens is 336 g/mol. The van der Waals surface area contributed by atoms with Crippen molar-refractivity contribution in [1.82, 2.24) is 20.0 Å². The van der Waals surface area contributed by atoms with Gasteiger partial charge >= 0.3 is 6.03 Å². The van der Waals surface area contributed by atoms with Crippen LogP contribution in [0.2, 0.25) is 0 Å². The zero-order valence-electron chi connectivity index (χ0n) is 16.2. The standard InChI is InChI=1S/C22H32N4O/c27-22(26-14-19-10-18-11-21(26)16-25(12-18)13-19)23-20-7-9-24(15-20)8-6-17-4-2-1-3-5-17/h1-5,18-21H,6-16H2,(H,23,27)/t18?,19?,20-,21?/m0/s1. The van der Waals surface area contributed by atoms with Crippen LogP contribution in [0.3, 0.4) is 0 Å². The van der Waals surface area contributed by atoms with Crippen molar-refractivity contribution in [2.75, 3.05) is 45.8 Å². The van der Waals surface area contributed by atoms with Crippen LogP contribution in [-0.4, -0.2) is 78.6 Å². The summed E-state index contributed by atoms with van der Waals surface area (Å²) in [6.07, 6.45) is 4.72. The lowest BCUT2D eigenvalue weighted by molar-refractivity contribution is 0.0844. The average Bonchev–Trinajstić information content (AvgIpc) is 3.02. The van der Waals surface area contributed by atoms with Crippen LogP contribution in [0, 0.1) is 11.8 Å². The van der Waals surface area contributed by atoms with Gasteiger partial charge in [-0.1, -0.05) is 30.3 Å². The van der Waals surface area contributed by atoms with E-state index >= 15 is 0 Å². The fraction of sp³-hybridized carbons (Fsp3) is 0.682. The van der Waals surface area contributed by atoms with Crippen molar-refractivity contribution in [1.29, 1.82) is 0 Å². The van der Waals surface area contributed by atoms with Gasteiger partial charge in [-0.2, -0.15) is 0 Å². The largest absolute Gasteiger partial charge is 0.334 e. The van der Waals surface area contributed by atoms with Gasteiger partial charge in [0.15, 0.2) is 0 Å². The van der Waals surface area contributed by atoms with Gasteiger partial charge in [0.2, 0.25) is 0 Å². The highest BCUT2D eigenvalue weighted by molar-refractivity contribution is 5.75. The van der Waals surface area contributed by atoms with Crippen molar-refractivity contribution < 1.29 is 4.79 Å². The van der Waals surface area contributed by atoms with Gasteiger partial charge in [-0.05, 0) is 43.1 Å².